The molecule has 0 saturated carbocycles. The van der Waals surface area contributed by atoms with Gasteiger partial charge in [-0.2, -0.15) is 0 Å². The second-order valence-electron chi connectivity index (χ2n) is 5.10. The first kappa shape index (κ1) is 14.0. The first-order chi connectivity index (χ1) is 9.24. The number of anilines is 1. The predicted octanol–water partition coefficient (Wildman–Crippen LogP) is 1.83. The number of carbonyl (C=O) groups excluding carboxylic acids is 1. The van der Waals surface area contributed by atoms with Gasteiger partial charge in [-0.1, -0.05) is 12.1 Å². The van der Waals surface area contributed by atoms with Gasteiger partial charge in [-0.25, -0.2) is 0 Å². The molecule has 0 unspecified atom stereocenters. The minimum Gasteiger partial charge on any atom is -0.326 e. The molecule has 4 heteroatoms. The van der Waals surface area contributed by atoms with E-state index in [1.807, 2.05) is 24.3 Å². The zero-order chi connectivity index (χ0) is 13.5. The summed E-state index contributed by atoms with van der Waals surface area (Å²) in [6.07, 6.45) is 2.70. The van der Waals surface area contributed by atoms with Gasteiger partial charge in [-0.3, -0.25) is 4.79 Å². The van der Waals surface area contributed by atoms with Crippen molar-refractivity contribution in [2.24, 2.45) is 0 Å². The Hall–Kier alpha value is -1.39. The molecule has 1 amide bonds. The lowest BCUT2D eigenvalue weighted by atomic mass is 10.2. The van der Waals surface area contributed by atoms with Gasteiger partial charge in [-0.05, 0) is 43.6 Å². The van der Waals surface area contributed by atoms with Crippen LogP contribution in [0.1, 0.15) is 25.3 Å². The van der Waals surface area contributed by atoms with Crippen molar-refractivity contribution in [3.63, 3.8) is 0 Å². The van der Waals surface area contributed by atoms with Crippen LogP contribution in [0.3, 0.4) is 0 Å². The second-order valence-corrected chi connectivity index (χ2v) is 5.10. The molecule has 2 rings (SSSR count). The Balaban J connectivity index is 1.66. The number of carbonyl (C=O) groups is 1. The number of benzene rings is 1. The molecule has 0 radical (unpaired) electrons. The molecule has 0 bridgehead atoms. The Kier molecular flexibility index (Phi) is 5.36. The third kappa shape index (κ3) is 5.01. The Morgan fingerprint density at radius 1 is 1.21 bits per heavy atom. The number of nitrogens with zero attached hydrogens (tertiary/aromatic N) is 1. The summed E-state index contributed by atoms with van der Waals surface area (Å²) in [5.41, 5.74) is 2.10. The van der Waals surface area contributed by atoms with Crippen LogP contribution in [0.2, 0.25) is 0 Å². The molecule has 1 saturated heterocycles. The molecule has 1 aromatic carbocycles. The van der Waals surface area contributed by atoms with Crippen LogP contribution in [-0.2, 0) is 11.3 Å². The SMILES string of the molecule is CC(=O)Nc1ccc(CNCCN2CCCC2)cc1. The quantitative estimate of drug-likeness (QED) is 0.768. The predicted molar refractivity (Wildman–Crippen MR) is 78.1 cm³/mol. The van der Waals surface area contributed by atoms with E-state index in [-0.39, 0.29) is 5.91 Å². The summed E-state index contributed by atoms with van der Waals surface area (Å²) in [5.74, 6) is -0.0310. The van der Waals surface area contributed by atoms with Crippen LogP contribution in [0.15, 0.2) is 24.3 Å². The van der Waals surface area contributed by atoms with Crippen LogP contribution in [0.5, 0.6) is 0 Å². The van der Waals surface area contributed by atoms with Crippen LogP contribution in [0, 0.1) is 0 Å². The maximum absolute atomic E-state index is 10.9. The van der Waals surface area contributed by atoms with Crippen molar-refractivity contribution < 1.29 is 4.79 Å². The van der Waals surface area contributed by atoms with E-state index in [1.54, 1.807) is 0 Å². The highest BCUT2D eigenvalue weighted by atomic mass is 16.1. The highest BCUT2D eigenvalue weighted by molar-refractivity contribution is 5.88. The third-order valence-corrected chi connectivity index (χ3v) is 3.41. The van der Waals surface area contributed by atoms with E-state index < -0.39 is 0 Å². The van der Waals surface area contributed by atoms with E-state index in [0.29, 0.717) is 0 Å². The maximum Gasteiger partial charge on any atom is 0.221 e. The summed E-state index contributed by atoms with van der Waals surface area (Å²) in [6, 6.07) is 7.99. The Morgan fingerprint density at radius 3 is 2.53 bits per heavy atom. The van der Waals surface area contributed by atoms with E-state index in [4.69, 9.17) is 0 Å². The molecular weight excluding hydrogens is 238 g/mol. The number of rotatable bonds is 6. The number of likely N-dealkylation sites (tertiary alicyclic amines) is 1. The summed E-state index contributed by atoms with van der Waals surface area (Å²) in [4.78, 5) is 13.4. The average molecular weight is 261 g/mol. The maximum atomic E-state index is 10.9. The van der Waals surface area contributed by atoms with Crippen LogP contribution in [0.25, 0.3) is 0 Å². The van der Waals surface area contributed by atoms with E-state index >= 15 is 0 Å². The number of nitrogens with one attached hydrogen (secondary N) is 2. The van der Waals surface area contributed by atoms with Gasteiger partial charge < -0.3 is 15.5 Å². The van der Waals surface area contributed by atoms with E-state index in [1.165, 1.54) is 38.4 Å². The molecule has 1 aromatic rings. The fraction of sp³-hybridized carbons (Fsp3) is 0.533. The number of hydrogen-bond acceptors (Lipinski definition) is 3. The van der Waals surface area contributed by atoms with E-state index in [9.17, 15) is 4.79 Å². The molecule has 0 spiro atoms. The molecule has 104 valence electrons. The van der Waals surface area contributed by atoms with Crippen LogP contribution < -0.4 is 10.6 Å². The van der Waals surface area contributed by atoms with Crippen molar-refractivity contribution in [3.8, 4) is 0 Å². The lowest BCUT2D eigenvalue weighted by molar-refractivity contribution is -0.114. The monoisotopic (exact) mass is 261 g/mol. The van der Waals surface area contributed by atoms with Gasteiger partial charge in [0.2, 0.25) is 5.91 Å². The van der Waals surface area contributed by atoms with Gasteiger partial charge in [0.25, 0.3) is 0 Å². The molecule has 2 N–H and O–H groups in total. The topological polar surface area (TPSA) is 44.4 Å². The van der Waals surface area contributed by atoms with Gasteiger partial charge in [0.05, 0.1) is 0 Å². The molecule has 19 heavy (non-hydrogen) atoms. The zero-order valence-electron chi connectivity index (χ0n) is 11.6. The molecule has 0 atom stereocenters. The van der Waals surface area contributed by atoms with Crippen molar-refractivity contribution in [3.05, 3.63) is 29.8 Å². The van der Waals surface area contributed by atoms with Crippen LogP contribution in [-0.4, -0.2) is 37.0 Å². The van der Waals surface area contributed by atoms with Gasteiger partial charge in [0, 0.05) is 32.2 Å². The minimum atomic E-state index is -0.0310. The fourth-order valence-corrected chi connectivity index (χ4v) is 2.39. The smallest absolute Gasteiger partial charge is 0.221 e. The van der Waals surface area contributed by atoms with Crippen LogP contribution in [0.4, 0.5) is 5.69 Å². The standard InChI is InChI=1S/C15H23N3O/c1-13(19)17-15-6-4-14(5-7-15)12-16-8-11-18-9-2-3-10-18/h4-7,16H,2-3,8-12H2,1H3,(H,17,19). The van der Waals surface area contributed by atoms with Gasteiger partial charge >= 0.3 is 0 Å². The lowest BCUT2D eigenvalue weighted by Crippen LogP contribution is -2.29. The first-order valence-electron chi connectivity index (χ1n) is 7.03. The molecule has 1 aliphatic rings. The third-order valence-electron chi connectivity index (χ3n) is 3.41. The fourth-order valence-electron chi connectivity index (χ4n) is 2.39. The van der Waals surface area contributed by atoms with Gasteiger partial charge in [0.1, 0.15) is 0 Å². The van der Waals surface area contributed by atoms with Crippen LogP contribution >= 0.6 is 0 Å². The first-order valence-corrected chi connectivity index (χ1v) is 7.03. The normalized spacial score (nSPS) is 15.6. The number of hydrogen-bond donors (Lipinski definition) is 2. The molecule has 4 nitrogen and oxygen atoms in total. The van der Waals surface area contributed by atoms with E-state index in [2.05, 4.69) is 15.5 Å². The van der Waals surface area contributed by atoms with Crippen molar-refractivity contribution in [2.75, 3.05) is 31.5 Å². The summed E-state index contributed by atoms with van der Waals surface area (Å²) in [6.45, 7) is 7.10. The molecule has 1 aliphatic heterocycles. The average Bonchev–Trinajstić information content (AvgIpc) is 2.89. The molecule has 0 aromatic heterocycles. The Bertz CT molecular complexity index is 396. The highest BCUT2D eigenvalue weighted by Gasteiger charge is 2.09. The molecular formula is C15H23N3O. The largest absolute Gasteiger partial charge is 0.326 e. The molecule has 1 heterocycles. The van der Waals surface area contributed by atoms with Gasteiger partial charge in [0.15, 0.2) is 0 Å². The minimum absolute atomic E-state index is 0.0310. The van der Waals surface area contributed by atoms with Gasteiger partial charge in [-0.15, -0.1) is 0 Å². The van der Waals surface area contributed by atoms with Crippen molar-refractivity contribution >= 4 is 11.6 Å². The summed E-state index contributed by atoms with van der Waals surface area (Å²) < 4.78 is 0. The molecule has 0 aliphatic carbocycles. The summed E-state index contributed by atoms with van der Waals surface area (Å²) in [5, 5.41) is 6.23. The van der Waals surface area contributed by atoms with Crippen molar-refractivity contribution in [1.82, 2.24) is 10.2 Å². The lowest BCUT2D eigenvalue weighted by Gasteiger charge is -2.14. The summed E-state index contributed by atoms with van der Waals surface area (Å²) >= 11 is 0. The van der Waals surface area contributed by atoms with Crippen molar-refractivity contribution in [2.45, 2.75) is 26.3 Å². The highest BCUT2D eigenvalue weighted by Crippen LogP contribution is 2.09. The zero-order valence-corrected chi connectivity index (χ0v) is 11.6. The Labute approximate surface area is 115 Å². The number of amides is 1. The Morgan fingerprint density at radius 2 is 1.89 bits per heavy atom. The molecule has 1 fully saturated rings. The summed E-state index contributed by atoms with van der Waals surface area (Å²) in [7, 11) is 0. The second kappa shape index (κ2) is 7.26. The van der Waals surface area contributed by atoms with Crippen molar-refractivity contribution in [1.29, 1.82) is 0 Å². The van der Waals surface area contributed by atoms with E-state index in [0.717, 1.165) is 25.3 Å².